The predicted octanol–water partition coefficient (Wildman–Crippen LogP) is 2.37. The summed E-state index contributed by atoms with van der Waals surface area (Å²) in [4.78, 5) is 4.22. The fourth-order valence-corrected chi connectivity index (χ4v) is 1.13. The first kappa shape index (κ1) is 19.3. The Morgan fingerprint density at radius 2 is 2.06 bits per heavy atom. The van der Waals surface area contributed by atoms with Crippen LogP contribution in [-0.4, -0.2) is 32.3 Å². The van der Waals surface area contributed by atoms with Crippen molar-refractivity contribution in [2.75, 3.05) is 26.3 Å². The van der Waals surface area contributed by atoms with E-state index in [9.17, 15) is 0 Å². The molecule has 0 saturated heterocycles. The SMILES string of the molecule is CCCCNC(N)=NCCCOCC(C)C.I. The third kappa shape index (κ3) is 16.0. The van der Waals surface area contributed by atoms with Crippen LogP contribution in [0, 0.1) is 5.92 Å². The zero-order valence-electron chi connectivity index (χ0n) is 11.4. The number of guanidine groups is 1. The van der Waals surface area contributed by atoms with Crippen LogP contribution in [-0.2, 0) is 4.74 Å². The molecule has 17 heavy (non-hydrogen) atoms. The second-order valence-corrected chi connectivity index (χ2v) is 4.37. The largest absolute Gasteiger partial charge is 0.381 e. The molecule has 0 radical (unpaired) electrons. The third-order valence-corrected chi connectivity index (χ3v) is 2.02. The summed E-state index contributed by atoms with van der Waals surface area (Å²) in [5.74, 6) is 1.15. The molecule has 0 fully saturated rings. The highest BCUT2D eigenvalue weighted by atomic mass is 127. The van der Waals surface area contributed by atoms with E-state index >= 15 is 0 Å². The van der Waals surface area contributed by atoms with Gasteiger partial charge in [-0.25, -0.2) is 0 Å². The van der Waals surface area contributed by atoms with Crippen LogP contribution in [0.4, 0.5) is 0 Å². The molecule has 0 aliphatic heterocycles. The van der Waals surface area contributed by atoms with Gasteiger partial charge in [-0.1, -0.05) is 27.2 Å². The fraction of sp³-hybridized carbons (Fsp3) is 0.917. The second-order valence-electron chi connectivity index (χ2n) is 4.37. The van der Waals surface area contributed by atoms with Gasteiger partial charge in [0, 0.05) is 26.3 Å². The molecule has 0 aliphatic carbocycles. The van der Waals surface area contributed by atoms with Gasteiger partial charge in [-0.2, -0.15) is 0 Å². The minimum atomic E-state index is 0. The van der Waals surface area contributed by atoms with Crippen molar-refractivity contribution < 1.29 is 4.74 Å². The van der Waals surface area contributed by atoms with Crippen molar-refractivity contribution >= 4 is 29.9 Å². The van der Waals surface area contributed by atoms with Gasteiger partial charge in [-0.15, -0.1) is 24.0 Å². The van der Waals surface area contributed by atoms with Crippen LogP contribution in [0.3, 0.4) is 0 Å². The molecule has 0 heterocycles. The van der Waals surface area contributed by atoms with Gasteiger partial charge in [0.2, 0.25) is 0 Å². The van der Waals surface area contributed by atoms with Gasteiger partial charge >= 0.3 is 0 Å². The summed E-state index contributed by atoms with van der Waals surface area (Å²) in [6.45, 7) is 9.69. The Morgan fingerprint density at radius 1 is 1.35 bits per heavy atom. The Bertz CT molecular complexity index is 187. The molecular formula is C12H28IN3O. The number of nitrogens with one attached hydrogen (secondary N) is 1. The van der Waals surface area contributed by atoms with Crippen LogP contribution < -0.4 is 11.1 Å². The lowest BCUT2D eigenvalue weighted by molar-refractivity contribution is 0.109. The lowest BCUT2D eigenvalue weighted by Crippen LogP contribution is -2.32. The maximum absolute atomic E-state index is 5.68. The van der Waals surface area contributed by atoms with Crippen LogP contribution >= 0.6 is 24.0 Å². The minimum Gasteiger partial charge on any atom is -0.381 e. The van der Waals surface area contributed by atoms with Gasteiger partial charge in [0.1, 0.15) is 0 Å². The van der Waals surface area contributed by atoms with E-state index in [0.717, 1.165) is 39.1 Å². The minimum absolute atomic E-state index is 0. The summed E-state index contributed by atoms with van der Waals surface area (Å²) in [6, 6.07) is 0. The maximum atomic E-state index is 5.68. The van der Waals surface area contributed by atoms with Crippen LogP contribution in [0.5, 0.6) is 0 Å². The maximum Gasteiger partial charge on any atom is 0.188 e. The Balaban J connectivity index is 0. The van der Waals surface area contributed by atoms with Gasteiger partial charge in [0.05, 0.1) is 0 Å². The molecule has 0 aliphatic rings. The van der Waals surface area contributed by atoms with Crippen molar-refractivity contribution in [1.82, 2.24) is 5.32 Å². The van der Waals surface area contributed by atoms with E-state index in [4.69, 9.17) is 10.5 Å². The average molecular weight is 357 g/mol. The molecule has 0 unspecified atom stereocenters. The molecule has 0 rings (SSSR count). The van der Waals surface area contributed by atoms with Gasteiger partial charge in [-0.05, 0) is 18.8 Å². The topological polar surface area (TPSA) is 59.6 Å². The van der Waals surface area contributed by atoms with Crippen molar-refractivity contribution in [2.45, 2.75) is 40.0 Å². The molecule has 5 heteroatoms. The number of nitrogens with zero attached hydrogens (tertiary/aromatic N) is 1. The Labute approximate surface area is 123 Å². The average Bonchev–Trinajstić information content (AvgIpc) is 2.23. The number of rotatable bonds is 9. The highest BCUT2D eigenvalue weighted by Crippen LogP contribution is 1.93. The molecule has 0 aromatic carbocycles. The van der Waals surface area contributed by atoms with Gasteiger partial charge in [0.25, 0.3) is 0 Å². The molecule has 0 atom stereocenters. The zero-order valence-corrected chi connectivity index (χ0v) is 13.7. The van der Waals surface area contributed by atoms with Crippen molar-refractivity contribution in [2.24, 2.45) is 16.6 Å². The second kappa shape index (κ2) is 14.0. The zero-order chi connectivity index (χ0) is 12.2. The monoisotopic (exact) mass is 357 g/mol. The van der Waals surface area contributed by atoms with E-state index < -0.39 is 0 Å². The standard InChI is InChI=1S/C12H27N3O.HI/c1-4-5-7-14-12(13)15-8-6-9-16-10-11(2)3;/h11H,4-10H2,1-3H3,(H3,13,14,15);1H. The number of unbranched alkanes of at least 4 members (excludes halogenated alkanes) is 1. The lowest BCUT2D eigenvalue weighted by Gasteiger charge is -2.06. The third-order valence-electron chi connectivity index (χ3n) is 2.02. The van der Waals surface area contributed by atoms with Gasteiger partial charge < -0.3 is 15.8 Å². The molecule has 0 aromatic rings. The van der Waals surface area contributed by atoms with E-state index in [-0.39, 0.29) is 24.0 Å². The number of hydrogen-bond acceptors (Lipinski definition) is 2. The molecule has 0 saturated carbocycles. The highest BCUT2D eigenvalue weighted by molar-refractivity contribution is 14.0. The summed E-state index contributed by atoms with van der Waals surface area (Å²) in [5.41, 5.74) is 5.68. The van der Waals surface area contributed by atoms with E-state index in [1.54, 1.807) is 0 Å². The first-order chi connectivity index (χ1) is 7.66. The Hall–Kier alpha value is -0.0400. The number of nitrogens with two attached hydrogens (primary N) is 1. The molecular weight excluding hydrogens is 329 g/mol. The first-order valence-electron chi connectivity index (χ1n) is 6.28. The summed E-state index contributed by atoms with van der Waals surface area (Å²) in [6.07, 6.45) is 3.24. The van der Waals surface area contributed by atoms with Gasteiger partial charge in [-0.3, -0.25) is 4.99 Å². The predicted molar refractivity (Wildman–Crippen MR) is 85.1 cm³/mol. The molecule has 0 aromatic heterocycles. The normalized spacial score (nSPS) is 11.4. The van der Waals surface area contributed by atoms with Crippen molar-refractivity contribution in [3.05, 3.63) is 0 Å². The molecule has 0 bridgehead atoms. The van der Waals surface area contributed by atoms with Crippen molar-refractivity contribution in [1.29, 1.82) is 0 Å². The number of hydrogen-bond donors (Lipinski definition) is 2. The van der Waals surface area contributed by atoms with E-state index in [1.165, 1.54) is 6.42 Å². The number of ether oxygens (including phenoxy) is 1. The molecule has 104 valence electrons. The quantitative estimate of drug-likeness (QED) is 0.288. The van der Waals surface area contributed by atoms with Crippen LogP contribution in [0.2, 0.25) is 0 Å². The van der Waals surface area contributed by atoms with E-state index in [1.807, 2.05) is 0 Å². The van der Waals surface area contributed by atoms with Crippen LogP contribution in [0.25, 0.3) is 0 Å². The van der Waals surface area contributed by atoms with E-state index in [0.29, 0.717) is 11.9 Å². The Morgan fingerprint density at radius 3 is 2.65 bits per heavy atom. The van der Waals surface area contributed by atoms with Crippen LogP contribution in [0.15, 0.2) is 4.99 Å². The lowest BCUT2D eigenvalue weighted by atomic mass is 10.2. The summed E-state index contributed by atoms with van der Waals surface area (Å²) >= 11 is 0. The smallest absolute Gasteiger partial charge is 0.188 e. The highest BCUT2D eigenvalue weighted by Gasteiger charge is 1.94. The molecule has 3 N–H and O–H groups in total. The summed E-state index contributed by atoms with van der Waals surface area (Å²) in [5, 5.41) is 3.08. The van der Waals surface area contributed by atoms with E-state index in [2.05, 4.69) is 31.1 Å². The Kier molecular flexibility index (Phi) is 15.9. The van der Waals surface area contributed by atoms with Gasteiger partial charge in [0.15, 0.2) is 5.96 Å². The first-order valence-corrected chi connectivity index (χ1v) is 6.28. The van der Waals surface area contributed by atoms with Crippen molar-refractivity contribution in [3.8, 4) is 0 Å². The summed E-state index contributed by atoms with van der Waals surface area (Å²) < 4.78 is 5.44. The molecule has 4 nitrogen and oxygen atoms in total. The molecule has 0 amide bonds. The van der Waals surface area contributed by atoms with Crippen LogP contribution in [0.1, 0.15) is 40.0 Å². The molecule has 0 spiro atoms. The van der Waals surface area contributed by atoms with Crippen molar-refractivity contribution in [3.63, 3.8) is 0 Å². The summed E-state index contributed by atoms with van der Waals surface area (Å²) in [7, 11) is 0. The number of aliphatic imine (C=N–C) groups is 1. The fourth-order valence-electron chi connectivity index (χ4n) is 1.13. The number of halogens is 1.